The second-order valence-corrected chi connectivity index (χ2v) is 9.95. The van der Waals surface area contributed by atoms with Gasteiger partial charge in [-0.3, -0.25) is 0 Å². The highest BCUT2D eigenvalue weighted by Crippen LogP contribution is 2.12. The minimum Gasteiger partial charge on any atom is -0.491 e. The zero-order valence-electron chi connectivity index (χ0n) is 26.0. The lowest BCUT2D eigenvalue weighted by Crippen LogP contribution is -2.33. The van der Waals surface area contributed by atoms with Gasteiger partial charge >= 0.3 is 6.09 Å². The Balaban J connectivity index is 1.80. The highest BCUT2D eigenvalue weighted by Gasteiger charge is 2.15. The van der Waals surface area contributed by atoms with E-state index in [1.807, 2.05) is 45.0 Å². The summed E-state index contributed by atoms with van der Waals surface area (Å²) in [5, 5.41) is 2.76. The molecule has 12 nitrogen and oxygen atoms in total. The molecule has 12 heteroatoms. The van der Waals surface area contributed by atoms with Gasteiger partial charge in [0.15, 0.2) is 0 Å². The molecule has 1 aromatic carbocycles. The first-order chi connectivity index (χ1) is 20.4. The number of methoxy groups -OCH3 is 1. The van der Waals surface area contributed by atoms with Crippen molar-refractivity contribution < 1.29 is 52.2 Å². The zero-order valence-corrected chi connectivity index (χ0v) is 26.0. The molecule has 0 spiro atoms. The van der Waals surface area contributed by atoms with E-state index in [0.717, 1.165) is 11.3 Å². The van der Waals surface area contributed by atoms with Crippen molar-refractivity contribution in [3.8, 4) is 5.75 Å². The van der Waals surface area contributed by atoms with Crippen LogP contribution in [-0.4, -0.2) is 131 Å². The first-order valence-corrected chi connectivity index (χ1v) is 14.6. The monoisotopic (exact) mass is 603 g/mol. The fraction of sp³-hybridized carbons (Fsp3) is 0.767. The zero-order chi connectivity index (χ0) is 30.6. The van der Waals surface area contributed by atoms with Gasteiger partial charge in [-0.2, -0.15) is 0 Å². The molecule has 0 saturated heterocycles. The number of hydrogen-bond acceptors (Lipinski definition) is 11. The summed E-state index contributed by atoms with van der Waals surface area (Å²) in [6, 6.07) is 7.78. The summed E-state index contributed by atoms with van der Waals surface area (Å²) in [6.45, 7) is 14.3. The molecule has 0 atom stereocenters. The van der Waals surface area contributed by atoms with E-state index in [0.29, 0.717) is 119 Å². The number of carbonyl (C=O) groups is 1. The summed E-state index contributed by atoms with van der Waals surface area (Å²) < 4.78 is 53.9. The number of ether oxygens (including phenoxy) is 10. The Kier molecular flexibility index (Phi) is 24.1. The molecule has 244 valence electrons. The molecule has 0 aromatic heterocycles. The molecule has 0 radical (unpaired) electrons. The molecule has 1 N–H and O–H groups in total. The van der Waals surface area contributed by atoms with Crippen LogP contribution >= 0.6 is 0 Å². The van der Waals surface area contributed by atoms with Gasteiger partial charge < -0.3 is 52.7 Å². The maximum atomic E-state index is 11.7. The van der Waals surface area contributed by atoms with Gasteiger partial charge in [0, 0.05) is 13.7 Å². The van der Waals surface area contributed by atoms with E-state index in [-0.39, 0.29) is 0 Å². The summed E-state index contributed by atoms with van der Waals surface area (Å²) in [4.78, 5) is 11.7. The quantitative estimate of drug-likeness (QED) is 0.142. The van der Waals surface area contributed by atoms with Gasteiger partial charge in [-0.25, -0.2) is 4.79 Å². The third kappa shape index (κ3) is 25.7. The number of carbonyl (C=O) groups excluding carboxylic acids is 1. The molecule has 42 heavy (non-hydrogen) atoms. The predicted octanol–water partition coefficient (Wildman–Crippen LogP) is 2.90. The normalized spacial score (nSPS) is 11.5. The number of alkyl carbamates (subject to hydrolysis) is 1. The SMILES string of the molecule is COCCOCCOCCOCCOCCOCCOCCOCCOc1ccc(CCNC(=O)OC(C)(C)C)cc1. The molecule has 0 fully saturated rings. The smallest absolute Gasteiger partial charge is 0.407 e. The number of hydrogen-bond donors (Lipinski definition) is 1. The molecular weight excluding hydrogens is 550 g/mol. The van der Waals surface area contributed by atoms with Crippen molar-refractivity contribution in [1.29, 1.82) is 0 Å². The van der Waals surface area contributed by atoms with Gasteiger partial charge in [-0.15, -0.1) is 0 Å². The Hall–Kier alpha value is -2.03. The molecule has 0 heterocycles. The Morgan fingerprint density at radius 3 is 1.36 bits per heavy atom. The molecule has 1 aromatic rings. The summed E-state index contributed by atoms with van der Waals surface area (Å²) in [5.41, 5.74) is 0.601. The Morgan fingerprint density at radius 2 is 0.976 bits per heavy atom. The first-order valence-electron chi connectivity index (χ1n) is 14.6. The first kappa shape index (κ1) is 38.0. The molecule has 0 aliphatic carbocycles. The van der Waals surface area contributed by atoms with E-state index in [9.17, 15) is 4.79 Å². The molecule has 1 amide bonds. The van der Waals surface area contributed by atoms with Crippen LogP contribution in [0.15, 0.2) is 24.3 Å². The van der Waals surface area contributed by atoms with Crippen molar-refractivity contribution in [3.63, 3.8) is 0 Å². The molecule has 0 unspecified atom stereocenters. The van der Waals surface area contributed by atoms with Crippen LogP contribution in [0.5, 0.6) is 5.75 Å². The van der Waals surface area contributed by atoms with E-state index in [1.165, 1.54) is 0 Å². The second-order valence-electron chi connectivity index (χ2n) is 9.95. The third-order valence-electron chi connectivity index (χ3n) is 5.17. The summed E-state index contributed by atoms with van der Waals surface area (Å²) >= 11 is 0. The van der Waals surface area contributed by atoms with Crippen LogP contribution in [0.1, 0.15) is 26.3 Å². The molecule has 1 rings (SSSR count). The fourth-order valence-corrected chi connectivity index (χ4v) is 3.16. The largest absolute Gasteiger partial charge is 0.491 e. The lowest BCUT2D eigenvalue weighted by molar-refractivity contribution is -0.0227. The number of amides is 1. The van der Waals surface area contributed by atoms with Crippen LogP contribution in [-0.2, 0) is 49.1 Å². The summed E-state index contributed by atoms with van der Waals surface area (Å²) in [5.74, 6) is 0.772. The van der Waals surface area contributed by atoms with Crippen LogP contribution in [0.25, 0.3) is 0 Å². The maximum Gasteiger partial charge on any atom is 0.407 e. The lowest BCUT2D eigenvalue weighted by atomic mass is 10.1. The van der Waals surface area contributed by atoms with Crippen LogP contribution in [0.3, 0.4) is 0 Å². The van der Waals surface area contributed by atoms with E-state index in [1.54, 1.807) is 7.11 Å². The van der Waals surface area contributed by atoms with Gasteiger partial charge in [0.2, 0.25) is 0 Å². The highest BCUT2D eigenvalue weighted by atomic mass is 16.6. The average Bonchev–Trinajstić information content (AvgIpc) is 2.95. The molecule has 0 bridgehead atoms. The molecule has 0 aliphatic heterocycles. The Bertz CT molecular complexity index is 744. The van der Waals surface area contributed by atoms with Crippen LogP contribution in [0.4, 0.5) is 4.79 Å². The summed E-state index contributed by atoms with van der Waals surface area (Å²) in [7, 11) is 1.64. The average molecular weight is 604 g/mol. The van der Waals surface area contributed by atoms with Crippen molar-refractivity contribution >= 4 is 6.09 Å². The van der Waals surface area contributed by atoms with Crippen molar-refractivity contribution in [2.24, 2.45) is 0 Å². The van der Waals surface area contributed by atoms with E-state index in [2.05, 4.69) is 5.32 Å². The van der Waals surface area contributed by atoms with Gasteiger partial charge in [-0.05, 0) is 44.9 Å². The van der Waals surface area contributed by atoms with E-state index < -0.39 is 11.7 Å². The van der Waals surface area contributed by atoms with Crippen molar-refractivity contribution in [2.75, 3.05) is 119 Å². The van der Waals surface area contributed by atoms with Gasteiger partial charge in [0.05, 0.1) is 99.1 Å². The number of benzene rings is 1. The Labute approximate surface area is 251 Å². The topological polar surface area (TPSA) is 121 Å². The van der Waals surface area contributed by atoms with Gasteiger partial charge in [0.25, 0.3) is 0 Å². The van der Waals surface area contributed by atoms with E-state index >= 15 is 0 Å². The highest BCUT2D eigenvalue weighted by molar-refractivity contribution is 5.67. The summed E-state index contributed by atoms with van der Waals surface area (Å²) in [6.07, 6.45) is 0.303. The third-order valence-corrected chi connectivity index (χ3v) is 5.17. The van der Waals surface area contributed by atoms with Gasteiger partial charge in [-0.1, -0.05) is 12.1 Å². The standard InChI is InChI=1S/C30H53NO11/c1-30(2,3)42-29(32)31-10-9-27-5-7-28(8-6-27)41-26-25-40-24-23-39-22-21-38-20-19-37-18-17-36-16-15-35-14-13-34-12-11-33-4/h5-8H,9-26H2,1-4H3,(H,31,32). The minimum atomic E-state index is -0.499. The fourth-order valence-electron chi connectivity index (χ4n) is 3.16. The van der Waals surface area contributed by atoms with Crippen molar-refractivity contribution in [3.05, 3.63) is 29.8 Å². The predicted molar refractivity (Wildman–Crippen MR) is 157 cm³/mol. The lowest BCUT2D eigenvalue weighted by Gasteiger charge is -2.19. The van der Waals surface area contributed by atoms with Crippen LogP contribution < -0.4 is 10.1 Å². The minimum absolute atomic E-state index is 0.407. The van der Waals surface area contributed by atoms with Crippen molar-refractivity contribution in [1.82, 2.24) is 5.32 Å². The second kappa shape index (κ2) is 26.6. The number of nitrogens with one attached hydrogen (secondary N) is 1. The maximum absolute atomic E-state index is 11.7. The molecular formula is C30H53NO11. The van der Waals surface area contributed by atoms with Crippen molar-refractivity contribution in [2.45, 2.75) is 32.8 Å². The molecule has 0 aliphatic rings. The van der Waals surface area contributed by atoms with E-state index in [4.69, 9.17) is 47.4 Å². The number of rotatable bonds is 28. The Morgan fingerprint density at radius 1 is 0.595 bits per heavy atom. The van der Waals surface area contributed by atoms with Gasteiger partial charge in [0.1, 0.15) is 18.0 Å². The van der Waals surface area contributed by atoms with Crippen LogP contribution in [0.2, 0.25) is 0 Å². The van der Waals surface area contributed by atoms with Crippen LogP contribution in [0, 0.1) is 0 Å². The molecule has 0 saturated carbocycles.